The van der Waals surface area contributed by atoms with Gasteiger partial charge in [-0.3, -0.25) is 0 Å². The first-order valence-corrected chi connectivity index (χ1v) is 6.15. The Hall–Kier alpha value is -1.64. The molecule has 0 aliphatic heterocycles. The molecule has 2 N–H and O–H groups in total. The van der Waals surface area contributed by atoms with Crippen molar-refractivity contribution >= 4 is 0 Å². The fraction of sp³-hybridized carbons (Fsp3) is 0.250. The fourth-order valence-electron chi connectivity index (χ4n) is 2.07. The molecule has 0 fully saturated rings. The average molecular weight is 242 g/mol. The molecule has 2 heteroatoms. The van der Waals surface area contributed by atoms with E-state index in [0.717, 1.165) is 22.3 Å². The third-order valence-corrected chi connectivity index (χ3v) is 3.11. The Labute approximate surface area is 108 Å². The van der Waals surface area contributed by atoms with Crippen LogP contribution in [0.15, 0.2) is 48.5 Å². The van der Waals surface area contributed by atoms with Crippen molar-refractivity contribution in [2.45, 2.75) is 26.1 Å². The first kappa shape index (κ1) is 12.8. The Bertz CT molecular complexity index is 513. The highest BCUT2D eigenvalue weighted by Crippen LogP contribution is 2.28. The maximum absolute atomic E-state index is 9.77. The van der Waals surface area contributed by atoms with Gasteiger partial charge in [-0.25, -0.2) is 0 Å². The predicted molar refractivity (Wildman–Crippen MR) is 73.1 cm³/mol. The van der Waals surface area contributed by atoms with Crippen LogP contribution < -0.4 is 0 Å². The molecule has 0 radical (unpaired) electrons. The summed E-state index contributed by atoms with van der Waals surface area (Å²) in [6, 6.07) is 15.6. The number of rotatable bonds is 3. The van der Waals surface area contributed by atoms with Crippen LogP contribution in [0.2, 0.25) is 0 Å². The average Bonchev–Trinajstić information content (AvgIpc) is 2.39. The van der Waals surface area contributed by atoms with Crippen LogP contribution in [-0.4, -0.2) is 10.2 Å². The lowest BCUT2D eigenvalue weighted by Gasteiger charge is -2.13. The van der Waals surface area contributed by atoms with Crippen molar-refractivity contribution in [2.75, 3.05) is 0 Å². The number of aliphatic hydroxyl groups excluding tert-OH is 2. The summed E-state index contributed by atoms with van der Waals surface area (Å²) in [4.78, 5) is 0. The van der Waals surface area contributed by atoms with E-state index in [1.165, 1.54) is 0 Å². The van der Waals surface area contributed by atoms with Crippen LogP contribution in [-0.2, 0) is 0 Å². The summed E-state index contributed by atoms with van der Waals surface area (Å²) in [5.74, 6) is 0. The topological polar surface area (TPSA) is 40.5 Å². The van der Waals surface area contributed by atoms with Gasteiger partial charge in [0.05, 0.1) is 12.2 Å². The highest BCUT2D eigenvalue weighted by Gasteiger charge is 2.09. The Morgan fingerprint density at radius 1 is 0.778 bits per heavy atom. The second-order valence-corrected chi connectivity index (χ2v) is 4.56. The van der Waals surface area contributed by atoms with Gasteiger partial charge in [-0.15, -0.1) is 0 Å². The number of aliphatic hydroxyl groups is 2. The first-order valence-electron chi connectivity index (χ1n) is 6.15. The standard InChI is InChI=1S/C16H18O2/c1-11(17)13-7-9-14(10-8-13)16-6-4-3-5-15(16)12(2)18/h3-12,17-18H,1-2H3. The summed E-state index contributed by atoms with van der Waals surface area (Å²) in [6.45, 7) is 3.52. The summed E-state index contributed by atoms with van der Waals surface area (Å²) in [7, 11) is 0. The SMILES string of the molecule is CC(O)c1ccc(-c2ccccc2C(C)O)cc1. The molecule has 2 rings (SSSR count). The smallest absolute Gasteiger partial charge is 0.0767 e. The number of hydrogen-bond donors (Lipinski definition) is 2. The van der Waals surface area contributed by atoms with E-state index in [4.69, 9.17) is 0 Å². The van der Waals surface area contributed by atoms with E-state index in [9.17, 15) is 10.2 Å². The highest BCUT2D eigenvalue weighted by atomic mass is 16.3. The first-order chi connectivity index (χ1) is 8.59. The Morgan fingerprint density at radius 2 is 1.39 bits per heavy atom. The van der Waals surface area contributed by atoms with Crippen LogP contribution in [0.4, 0.5) is 0 Å². The molecule has 0 amide bonds. The minimum Gasteiger partial charge on any atom is -0.389 e. The van der Waals surface area contributed by atoms with Gasteiger partial charge in [-0.2, -0.15) is 0 Å². The molecule has 18 heavy (non-hydrogen) atoms. The zero-order chi connectivity index (χ0) is 13.1. The fourth-order valence-corrected chi connectivity index (χ4v) is 2.07. The van der Waals surface area contributed by atoms with Crippen molar-refractivity contribution in [1.29, 1.82) is 0 Å². The number of hydrogen-bond acceptors (Lipinski definition) is 2. The zero-order valence-electron chi connectivity index (χ0n) is 10.7. The van der Waals surface area contributed by atoms with Gasteiger partial charge in [0, 0.05) is 0 Å². The number of benzene rings is 2. The zero-order valence-corrected chi connectivity index (χ0v) is 10.7. The van der Waals surface area contributed by atoms with Crippen molar-refractivity contribution < 1.29 is 10.2 Å². The van der Waals surface area contributed by atoms with Crippen LogP contribution in [0.25, 0.3) is 11.1 Å². The minimum atomic E-state index is -0.488. The molecule has 0 spiro atoms. The summed E-state index contributed by atoms with van der Waals surface area (Å²) < 4.78 is 0. The maximum Gasteiger partial charge on any atom is 0.0767 e. The van der Waals surface area contributed by atoms with Gasteiger partial charge >= 0.3 is 0 Å². The van der Waals surface area contributed by atoms with E-state index in [-0.39, 0.29) is 0 Å². The second-order valence-electron chi connectivity index (χ2n) is 4.56. The van der Waals surface area contributed by atoms with Crippen LogP contribution in [0.1, 0.15) is 37.2 Å². The Balaban J connectivity index is 2.43. The molecule has 2 aromatic rings. The third-order valence-electron chi connectivity index (χ3n) is 3.11. The van der Waals surface area contributed by atoms with E-state index in [1.54, 1.807) is 13.8 Å². The molecule has 0 saturated carbocycles. The van der Waals surface area contributed by atoms with Crippen molar-refractivity contribution in [3.8, 4) is 11.1 Å². The second kappa shape index (κ2) is 5.34. The summed E-state index contributed by atoms with van der Waals surface area (Å²) >= 11 is 0. The van der Waals surface area contributed by atoms with Crippen molar-refractivity contribution in [2.24, 2.45) is 0 Å². The Morgan fingerprint density at radius 3 is 1.94 bits per heavy atom. The van der Waals surface area contributed by atoms with Gasteiger partial charge in [0.2, 0.25) is 0 Å². The van der Waals surface area contributed by atoms with Crippen LogP contribution >= 0.6 is 0 Å². The molecule has 0 heterocycles. The molecule has 2 aromatic carbocycles. The molecule has 2 atom stereocenters. The van der Waals surface area contributed by atoms with Crippen LogP contribution in [0.5, 0.6) is 0 Å². The van der Waals surface area contributed by atoms with Crippen molar-refractivity contribution in [3.05, 3.63) is 59.7 Å². The molecule has 0 aromatic heterocycles. The van der Waals surface area contributed by atoms with E-state index < -0.39 is 12.2 Å². The molecule has 0 saturated heterocycles. The van der Waals surface area contributed by atoms with Crippen molar-refractivity contribution in [1.82, 2.24) is 0 Å². The van der Waals surface area contributed by atoms with Gasteiger partial charge in [0.15, 0.2) is 0 Å². The van der Waals surface area contributed by atoms with Crippen molar-refractivity contribution in [3.63, 3.8) is 0 Å². The lowest BCUT2D eigenvalue weighted by atomic mass is 9.95. The molecular formula is C16H18O2. The van der Waals surface area contributed by atoms with Gasteiger partial charge in [0.25, 0.3) is 0 Å². The summed E-state index contributed by atoms with van der Waals surface area (Å²) in [6.07, 6.45) is -0.941. The molecule has 0 bridgehead atoms. The quantitative estimate of drug-likeness (QED) is 0.865. The lowest BCUT2D eigenvalue weighted by molar-refractivity contribution is 0.199. The van der Waals surface area contributed by atoms with E-state index in [2.05, 4.69) is 0 Å². The summed E-state index contributed by atoms with van der Waals surface area (Å²) in [5, 5.41) is 19.3. The molecular weight excluding hydrogens is 224 g/mol. The minimum absolute atomic E-state index is 0.453. The predicted octanol–water partition coefficient (Wildman–Crippen LogP) is 3.46. The van der Waals surface area contributed by atoms with E-state index in [1.807, 2.05) is 48.5 Å². The normalized spacial score (nSPS) is 14.2. The van der Waals surface area contributed by atoms with Gasteiger partial charge in [-0.05, 0) is 36.1 Å². The van der Waals surface area contributed by atoms with E-state index in [0.29, 0.717) is 0 Å². The lowest BCUT2D eigenvalue weighted by Crippen LogP contribution is -1.95. The third kappa shape index (κ3) is 2.61. The van der Waals surface area contributed by atoms with Gasteiger partial charge in [-0.1, -0.05) is 48.5 Å². The molecule has 2 nitrogen and oxygen atoms in total. The van der Waals surface area contributed by atoms with E-state index >= 15 is 0 Å². The van der Waals surface area contributed by atoms with Crippen LogP contribution in [0, 0.1) is 0 Å². The maximum atomic E-state index is 9.77. The van der Waals surface area contributed by atoms with Gasteiger partial charge < -0.3 is 10.2 Å². The summed E-state index contributed by atoms with van der Waals surface area (Å²) in [5.41, 5.74) is 3.90. The highest BCUT2D eigenvalue weighted by molar-refractivity contribution is 5.68. The molecule has 94 valence electrons. The molecule has 0 aliphatic carbocycles. The molecule has 2 unspecified atom stereocenters. The monoisotopic (exact) mass is 242 g/mol. The van der Waals surface area contributed by atoms with Gasteiger partial charge in [0.1, 0.15) is 0 Å². The largest absolute Gasteiger partial charge is 0.389 e. The van der Waals surface area contributed by atoms with Crippen LogP contribution in [0.3, 0.4) is 0 Å². The Kier molecular flexibility index (Phi) is 3.80. The molecule has 0 aliphatic rings.